The zero-order chi connectivity index (χ0) is 31.4. The summed E-state index contributed by atoms with van der Waals surface area (Å²) in [4.78, 5) is 12.8. The quantitative estimate of drug-likeness (QED) is 0.286. The van der Waals surface area contributed by atoms with Gasteiger partial charge in [0, 0.05) is 0 Å². The zero-order valence-corrected chi connectivity index (χ0v) is 25.8. The largest absolute Gasteiger partial charge is 0.516 e. The molecule has 1 amide bonds. The van der Waals surface area contributed by atoms with Crippen LogP contribution in [-0.4, -0.2) is 92.0 Å². The van der Waals surface area contributed by atoms with E-state index in [4.69, 9.17) is 28.4 Å². The minimum atomic E-state index is -5.91. The van der Waals surface area contributed by atoms with E-state index in [1.165, 1.54) is 37.8 Å². The Morgan fingerprint density at radius 3 is 2.02 bits per heavy atom. The molecule has 43 heavy (non-hydrogen) atoms. The van der Waals surface area contributed by atoms with Crippen LogP contribution < -0.4 is 9.46 Å². The number of hydrogen-bond acceptors (Lipinski definition) is 9. The molecule has 1 N–H and O–H groups in total. The Morgan fingerprint density at radius 2 is 1.42 bits per heavy atom. The van der Waals surface area contributed by atoms with Gasteiger partial charge < -0.3 is 28.4 Å². The van der Waals surface area contributed by atoms with E-state index in [-0.39, 0.29) is 44.3 Å². The molecule has 1 unspecified atom stereocenters. The van der Waals surface area contributed by atoms with Crippen LogP contribution in [-0.2, 0) is 40.1 Å². The van der Waals surface area contributed by atoms with E-state index >= 15 is 0 Å². The van der Waals surface area contributed by atoms with Gasteiger partial charge in [0.25, 0.3) is 5.91 Å². The van der Waals surface area contributed by atoms with E-state index in [9.17, 15) is 26.4 Å². The molecule has 248 valence electrons. The summed E-state index contributed by atoms with van der Waals surface area (Å²) in [7, 11) is -5.91. The van der Waals surface area contributed by atoms with Gasteiger partial charge in [-0.3, -0.25) is 4.79 Å². The van der Waals surface area contributed by atoms with Crippen LogP contribution in [0.25, 0.3) is 0 Å². The maximum Gasteiger partial charge on any atom is 0.516 e. The highest BCUT2D eigenvalue weighted by Crippen LogP contribution is 2.26. The first kappa shape index (κ1) is 37.2. The highest BCUT2D eigenvalue weighted by molar-refractivity contribution is 7.90. The summed E-state index contributed by atoms with van der Waals surface area (Å²) in [6, 6.07) is 4.55. The summed E-state index contributed by atoms with van der Waals surface area (Å²) < 4.78 is 96.8. The second-order valence-electron chi connectivity index (χ2n) is 10.2. The molecule has 0 radical (unpaired) electrons. The lowest BCUT2D eigenvalue weighted by Crippen LogP contribution is -2.40. The predicted octanol–water partition coefficient (Wildman–Crippen LogP) is 4.79. The molecule has 1 aromatic carbocycles. The van der Waals surface area contributed by atoms with Crippen LogP contribution in [0.5, 0.6) is 5.75 Å². The van der Waals surface area contributed by atoms with Gasteiger partial charge in [-0.2, -0.15) is 21.6 Å². The molecular weight excluding hydrogens is 595 g/mol. The van der Waals surface area contributed by atoms with Gasteiger partial charge >= 0.3 is 15.5 Å². The standard InChI is InChI=1S/C29H46F3NO9S/c1-2-3-4-5-6-7-8-9-10-24-11-12-27(26(21-24)28(34)33-43(35,36)29(30,31)32)42-23-25-22-40-18-17-38-14-13-37-15-16-39-19-20-41-25/h11-12,21,25H,2-10,13-20,22-23H2,1H3,(H,33,34). The van der Waals surface area contributed by atoms with E-state index in [1.807, 2.05) is 0 Å². The van der Waals surface area contributed by atoms with E-state index in [0.717, 1.165) is 30.4 Å². The van der Waals surface area contributed by atoms with Crippen LogP contribution in [0.4, 0.5) is 13.2 Å². The van der Waals surface area contributed by atoms with Crippen molar-refractivity contribution in [3.8, 4) is 5.75 Å². The van der Waals surface area contributed by atoms with E-state index in [1.54, 1.807) is 6.07 Å². The normalized spacial score (nSPS) is 18.4. The highest BCUT2D eigenvalue weighted by Gasteiger charge is 2.47. The maximum atomic E-state index is 13.0. The van der Waals surface area contributed by atoms with Gasteiger partial charge in [-0.1, -0.05) is 57.9 Å². The Kier molecular flexibility index (Phi) is 18.1. The van der Waals surface area contributed by atoms with Gasteiger partial charge in [0.1, 0.15) is 18.5 Å². The number of unbranched alkanes of at least 4 members (excludes halogenated alkanes) is 7. The number of alkyl halides is 3. The van der Waals surface area contributed by atoms with Gasteiger partial charge in [0.05, 0.1) is 65.0 Å². The van der Waals surface area contributed by atoms with Gasteiger partial charge in [-0.05, 0) is 30.5 Å². The second-order valence-corrected chi connectivity index (χ2v) is 11.8. The Morgan fingerprint density at radius 1 is 0.860 bits per heavy atom. The van der Waals surface area contributed by atoms with Gasteiger partial charge in [0.15, 0.2) is 0 Å². The molecule has 0 bridgehead atoms. The minimum absolute atomic E-state index is 0.0780. The molecule has 1 aliphatic rings. The molecule has 10 nitrogen and oxygen atoms in total. The summed E-state index contributed by atoms with van der Waals surface area (Å²) in [6.07, 6.45) is 8.76. The average Bonchev–Trinajstić information content (AvgIpc) is 2.97. The smallest absolute Gasteiger partial charge is 0.490 e. The highest BCUT2D eigenvalue weighted by atomic mass is 32.2. The topological polar surface area (TPSA) is 119 Å². The minimum Gasteiger partial charge on any atom is -0.490 e. The number of hydrogen-bond donors (Lipinski definition) is 1. The molecule has 1 atom stereocenters. The fourth-order valence-corrected chi connectivity index (χ4v) is 4.68. The van der Waals surface area contributed by atoms with Gasteiger partial charge in [0.2, 0.25) is 0 Å². The van der Waals surface area contributed by atoms with Crippen LogP contribution in [0, 0.1) is 0 Å². The Balaban J connectivity index is 2.07. The van der Waals surface area contributed by atoms with Crippen molar-refractivity contribution >= 4 is 15.9 Å². The Labute approximate surface area is 252 Å². The number of sulfonamides is 1. The van der Waals surface area contributed by atoms with Crippen molar-refractivity contribution in [2.24, 2.45) is 0 Å². The number of halogens is 3. The van der Waals surface area contributed by atoms with Crippen molar-refractivity contribution in [2.45, 2.75) is 76.3 Å². The van der Waals surface area contributed by atoms with Crippen molar-refractivity contribution in [3.63, 3.8) is 0 Å². The first-order chi connectivity index (χ1) is 20.6. The molecule has 1 saturated heterocycles. The van der Waals surface area contributed by atoms with Crippen LogP contribution in [0.2, 0.25) is 0 Å². The number of nitrogens with one attached hydrogen (secondary N) is 1. The molecular formula is C29H46F3NO9S. The fourth-order valence-electron chi connectivity index (χ4n) is 4.21. The molecule has 1 fully saturated rings. The van der Waals surface area contributed by atoms with E-state index in [2.05, 4.69) is 6.92 Å². The SMILES string of the molecule is CCCCCCCCCCc1ccc(OCC2COCCOCCOCCOCCO2)c(C(=O)NS(=O)(=O)C(F)(F)F)c1. The predicted molar refractivity (Wildman–Crippen MR) is 154 cm³/mol. The Hall–Kier alpha value is -1.97. The third-order valence-electron chi connectivity index (χ3n) is 6.57. The molecule has 1 aliphatic heterocycles. The summed E-state index contributed by atoms with van der Waals surface area (Å²) in [6.45, 7) is 4.92. The lowest BCUT2D eigenvalue weighted by Gasteiger charge is -2.20. The average molecular weight is 642 g/mol. The lowest BCUT2D eigenvalue weighted by atomic mass is 10.0. The van der Waals surface area contributed by atoms with Crippen LogP contribution >= 0.6 is 0 Å². The monoisotopic (exact) mass is 641 g/mol. The molecule has 0 spiro atoms. The summed E-state index contributed by atoms with van der Waals surface area (Å²) in [5.41, 5.74) is -5.28. The van der Waals surface area contributed by atoms with Crippen molar-refractivity contribution in [1.29, 1.82) is 0 Å². The van der Waals surface area contributed by atoms with Crippen LogP contribution in [0.1, 0.15) is 74.2 Å². The Bertz CT molecular complexity index is 1010. The number of amides is 1. The number of carbonyl (C=O) groups is 1. The van der Waals surface area contributed by atoms with E-state index < -0.39 is 27.5 Å². The van der Waals surface area contributed by atoms with Gasteiger partial charge in [-0.25, -0.2) is 4.72 Å². The van der Waals surface area contributed by atoms with Crippen molar-refractivity contribution < 1.29 is 54.8 Å². The van der Waals surface area contributed by atoms with Crippen molar-refractivity contribution in [1.82, 2.24) is 4.72 Å². The molecule has 1 heterocycles. The number of aryl methyl sites for hydroxylation is 1. The summed E-state index contributed by atoms with van der Waals surface area (Å²) in [5, 5.41) is 0. The second kappa shape index (κ2) is 20.9. The first-order valence-corrected chi connectivity index (χ1v) is 16.4. The van der Waals surface area contributed by atoms with Crippen LogP contribution in [0.3, 0.4) is 0 Å². The number of ether oxygens (including phenoxy) is 6. The first-order valence-electron chi connectivity index (χ1n) is 15.0. The third kappa shape index (κ3) is 15.5. The number of carbonyl (C=O) groups excluding carboxylic acids is 1. The van der Waals surface area contributed by atoms with Gasteiger partial charge in [-0.15, -0.1) is 0 Å². The molecule has 0 aliphatic carbocycles. The molecule has 0 saturated carbocycles. The lowest BCUT2D eigenvalue weighted by molar-refractivity contribution is -0.0606. The van der Waals surface area contributed by atoms with Crippen LogP contribution in [0.15, 0.2) is 18.2 Å². The van der Waals surface area contributed by atoms with Crippen molar-refractivity contribution in [2.75, 3.05) is 66.1 Å². The summed E-state index contributed by atoms with van der Waals surface area (Å²) in [5.74, 6) is -1.51. The molecule has 14 heteroatoms. The molecule has 1 aromatic rings. The number of rotatable bonds is 14. The molecule has 2 rings (SSSR count). The summed E-state index contributed by atoms with van der Waals surface area (Å²) >= 11 is 0. The maximum absolute atomic E-state index is 13.0. The zero-order valence-electron chi connectivity index (χ0n) is 25.0. The number of benzene rings is 1. The third-order valence-corrected chi connectivity index (χ3v) is 7.63. The molecule has 0 aromatic heterocycles. The van der Waals surface area contributed by atoms with E-state index in [0.29, 0.717) is 45.0 Å². The van der Waals surface area contributed by atoms with Crippen molar-refractivity contribution in [3.05, 3.63) is 29.3 Å². The fraction of sp³-hybridized carbons (Fsp3) is 0.759.